The van der Waals surface area contributed by atoms with Gasteiger partial charge >= 0.3 is 0 Å². The standard InChI is InChI=1S/C13H20N2O3S/c14-12-6-2-1-5-11(12)9-19(17,18)15-10-13(16)7-3-4-8-13/h1-2,5-6,15-16H,3-4,7-10,14H2. The first-order valence-electron chi connectivity index (χ1n) is 6.43. The van der Waals surface area contributed by atoms with Crippen molar-refractivity contribution in [3.63, 3.8) is 0 Å². The summed E-state index contributed by atoms with van der Waals surface area (Å²) in [6.45, 7) is 0.0854. The summed E-state index contributed by atoms with van der Waals surface area (Å²) in [5.41, 5.74) is 5.89. The lowest BCUT2D eigenvalue weighted by Gasteiger charge is -2.22. The van der Waals surface area contributed by atoms with E-state index in [-0.39, 0.29) is 12.3 Å². The summed E-state index contributed by atoms with van der Waals surface area (Å²) in [4.78, 5) is 0. The van der Waals surface area contributed by atoms with Gasteiger partial charge in [-0.25, -0.2) is 13.1 Å². The van der Waals surface area contributed by atoms with Crippen molar-refractivity contribution >= 4 is 15.7 Å². The van der Waals surface area contributed by atoms with Crippen LogP contribution in [0.1, 0.15) is 31.2 Å². The summed E-state index contributed by atoms with van der Waals surface area (Å²) < 4.78 is 26.4. The molecule has 0 spiro atoms. The molecule has 0 aliphatic heterocycles. The number of nitrogen functional groups attached to an aromatic ring is 1. The van der Waals surface area contributed by atoms with Gasteiger partial charge in [0.2, 0.25) is 10.0 Å². The average molecular weight is 284 g/mol. The van der Waals surface area contributed by atoms with Gasteiger partial charge in [-0.05, 0) is 24.5 Å². The summed E-state index contributed by atoms with van der Waals surface area (Å²) in [7, 11) is -3.47. The normalized spacial score (nSPS) is 18.6. The third-order valence-corrected chi connectivity index (χ3v) is 4.83. The van der Waals surface area contributed by atoms with E-state index in [0.717, 1.165) is 12.8 Å². The predicted molar refractivity (Wildman–Crippen MR) is 74.9 cm³/mol. The molecule has 0 saturated heterocycles. The molecular weight excluding hydrogens is 264 g/mol. The Kier molecular flexibility index (Phi) is 4.13. The van der Waals surface area contributed by atoms with Gasteiger partial charge in [0.15, 0.2) is 0 Å². The van der Waals surface area contributed by atoms with Gasteiger partial charge in [-0.15, -0.1) is 0 Å². The second-order valence-electron chi connectivity index (χ2n) is 5.21. The highest BCUT2D eigenvalue weighted by molar-refractivity contribution is 7.88. The maximum Gasteiger partial charge on any atom is 0.215 e. The van der Waals surface area contributed by atoms with Gasteiger partial charge in [0.1, 0.15) is 0 Å². The lowest BCUT2D eigenvalue weighted by molar-refractivity contribution is 0.0531. The zero-order valence-electron chi connectivity index (χ0n) is 10.8. The van der Waals surface area contributed by atoms with Crippen molar-refractivity contribution in [3.8, 4) is 0 Å². The van der Waals surface area contributed by atoms with Crippen molar-refractivity contribution in [3.05, 3.63) is 29.8 Å². The number of nitrogens with one attached hydrogen (secondary N) is 1. The Balaban J connectivity index is 1.97. The Morgan fingerprint density at radius 1 is 1.26 bits per heavy atom. The molecule has 1 aliphatic rings. The van der Waals surface area contributed by atoms with E-state index in [4.69, 9.17) is 5.73 Å². The molecule has 1 saturated carbocycles. The van der Waals surface area contributed by atoms with Gasteiger partial charge in [-0.2, -0.15) is 0 Å². The quantitative estimate of drug-likeness (QED) is 0.703. The van der Waals surface area contributed by atoms with Crippen LogP contribution < -0.4 is 10.5 Å². The fourth-order valence-electron chi connectivity index (χ4n) is 2.38. The molecule has 0 amide bonds. The fraction of sp³-hybridized carbons (Fsp3) is 0.538. The second kappa shape index (κ2) is 5.48. The van der Waals surface area contributed by atoms with Crippen molar-refractivity contribution in [2.24, 2.45) is 0 Å². The molecule has 106 valence electrons. The smallest absolute Gasteiger partial charge is 0.215 e. The first-order valence-corrected chi connectivity index (χ1v) is 8.09. The molecule has 1 aromatic rings. The molecule has 6 heteroatoms. The maximum atomic E-state index is 12.0. The van der Waals surface area contributed by atoms with E-state index < -0.39 is 15.6 Å². The van der Waals surface area contributed by atoms with Crippen LogP contribution in [0.5, 0.6) is 0 Å². The summed E-state index contributed by atoms with van der Waals surface area (Å²) in [5, 5.41) is 10.1. The minimum Gasteiger partial charge on any atom is -0.398 e. The largest absolute Gasteiger partial charge is 0.398 e. The van der Waals surface area contributed by atoms with Crippen LogP contribution in [-0.4, -0.2) is 25.7 Å². The fourth-order valence-corrected chi connectivity index (χ4v) is 3.64. The Labute approximate surface area is 113 Å². The first-order chi connectivity index (χ1) is 8.90. The van der Waals surface area contributed by atoms with Crippen LogP contribution in [0.4, 0.5) is 5.69 Å². The summed E-state index contributed by atoms with van der Waals surface area (Å²) in [5.74, 6) is -0.157. The van der Waals surface area contributed by atoms with Crippen LogP contribution in [-0.2, 0) is 15.8 Å². The number of hydrogen-bond donors (Lipinski definition) is 3. The number of sulfonamides is 1. The van der Waals surface area contributed by atoms with Crippen LogP contribution in [0.3, 0.4) is 0 Å². The van der Waals surface area contributed by atoms with E-state index in [2.05, 4.69) is 4.72 Å². The molecule has 1 aromatic carbocycles. The number of anilines is 1. The molecule has 0 radical (unpaired) electrons. The van der Waals surface area contributed by atoms with E-state index in [1.165, 1.54) is 0 Å². The molecule has 0 atom stereocenters. The molecule has 0 unspecified atom stereocenters. The van der Waals surface area contributed by atoms with Gasteiger partial charge in [0, 0.05) is 12.2 Å². The monoisotopic (exact) mass is 284 g/mol. The predicted octanol–water partition coefficient (Wildman–Crippen LogP) is 0.993. The molecule has 0 aromatic heterocycles. The topological polar surface area (TPSA) is 92.4 Å². The highest BCUT2D eigenvalue weighted by Crippen LogP contribution is 2.28. The molecule has 4 N–H and O–H groups in total. The Morgan fingerprint density at radius 2 is 1.89 bits per heavy atom. The molecular formula is C13H20N2O3S. The average Bonchev–Trinajstić information content (AvgIpc) is 2.78. The molecule has 19 heavy (non-hydrogen) atoms. The molecule has 0 heterocycles. The maximum absolute atomic E-state index is 12.0. The van der Waals surface area contributed by atoms with Crippen molar-refractivity contribution in [1.29, 1.82) is 0 Å². The lowest BCUT2D eigenvalue weighted by Crippen LogP contribution is -2.41. The van der Waals surface area contributed by atoms with Gasteiger partial charge in [-0.3, -0.25) is 0 Å². The van der Waals surface area contributed by atoms with E-state index in [1.807, 2.05) is 0 Å². The van der Waals surface area contributed by atoms with Gasteiger partial charge in [0.05, 0.1) is 11.4 Å². The van der Waals surface area contributed by atoms with Crippen LogP contribution in [0.15, 0.2) is 24.3 Å². The third kappa shape index (κ3) is 3.92. The van der Waals surface area contributed by atoms with Crippen molar-refractivity contribution < 1.29 is 13.5 Å². The van der Waals surface area contributed by atoms with Crippen LogP contribution in [0.2, 0.25) is 0 Å². The van der Waals surface area contributed by atoms with Crippen molar-refractivity contribution in [1.82, 2.24) is 4.72 Å². The first kappa shape index (κ1) is 14.3. The highest BCUT2D eigenvalue weighted by Gasteiger charge is 2.32. The molecule has 2 rings (SSSR count). The highest BCUT2D eigenvalue weighted by atomic mass is 32.2. The van der Waals surface area contributed by atoms with E-state index >= 15 is 0 Å². The van der Waals surface area contributed by atoms with E-state index in [9.17, 15) is 13.5 Å². The van der Waals surface area contributed by atoms with Gasteiger partial charge in [-0.1, -0.05) is 31.0 Å². The van der Waals surface area contributed by atoms with Crippen molar-refractivity contribution in [2.45, 2.75) is 37.0 Å². The number of benzene rings is 1. The molecule has 1 aliphatic carbocycles. The number of nitrogens with two attached hydrogens (primary N) is 1. The van der Waals surface area contributed by atoms with E-state index in [1.54, 1.807) is 24.3 Å². The summed E-state index contributed by atoms with van der Waals surface area (Å²) >= 11 is 0. The van der Waals surface area contributed by atoms with Crippen molar-refractivity contribution in [2.75, 3.05) is 12.3 Å². The number of hydrogen-bond acceptors (Lipinski definition) is 4. The minimum absolute atomic E-state index is 0.0854. The minimum atomic E-state index is -3.47. The molecule has 0 bridgehead atoms. The summed E-state index contributed by atoms with van der Waals surface area (Å²) in [6.07, 6.45) is 3.21. The summed E-state index contributed by atoms with van der Waals surface area (Å²) in [6, 6.07) is 6.89. The third-order valence-electron chi connectivity index (χ3n) is 3.56. The zero-order valence-corrected chi connectivity index (χ0v) is 11.6. The van der Waals surface area contributed by atoms with E-state index in [0.29, 0.717) is 24.1 Å². The number of para-hydroxylation sites is 1. The number of aliphatic hydroxyl groups is 1. The SMILES string of the molecule is Nc1ccccc1CS(=O)(=O)NCC1(O)CCCC1. The lowest BCUT2D eigenvalue weighted by atomic mass is 10.0. The Hall–Kier alpha value is -1.11. The van der Waals surface area contributed by atoms with Crippen LogP contribution in [0.25, 0.3) is 0 Å². The van der Waals surface area contributed by atoms with Crippen LogP contribution >= 0.6 is 0 Å². The molecule has 5 nitrogen and oxygen atoms in total. The molecule has 1 fully saturated rings. The Bertz CT molecular complexity index is 537. The number of rotatable bonds is 5. The second-order valence-corrected chi connectivity index (χ2v) is 7.02. The van der Waals surface area contributed by atoms with Crippen LogP contribution in [0, 0.1) is 0 Å². The Morgan fingerprint density at radius 3 is 2.53 bits per heavy atom. The van der Waals surface area contributed by atoms with Gasteiger partial charge in [0.25, 0.3) is 0 Å². The zero-order chi connectivity index (χ0) is 13.9. The van der Waals surface area contributed by atoms with Gasteiger partial charge < -0.3 is 10.8 Å².